The molecule has 0 unspecified atom stereocenters. The van der Waals surface area contributed by atoms with E-state index >= 15 is 0 Å². The first-order valence-electron chi connectivity index (χ1n) is 7.45. The normalized spacial score (nSPS) is 41.0. The third kappa shape index (κ3) is 1.83. The number of hydrogen-bond acceptors (Lipinski definition) is 2. The molecular weight excluding hydrogens is 220 g/mol. The summed E-state index contributed by atoms with van der Waals surface area (Å²) in [5, 5.41) is 0. The number of para-hydroxylation sites is 1. The van der Waals surface area contributed by atoms with Crippen LogP contribution in [-0.4, -0.2) is 6.04 Å². The molecule has 96 valence electrons. The van der Waals surface area contributed by atoms with Crippen LogP contribution in [0.2, 0.25) is 0 Å². The van der Waals surface area contributed by atoms with Gasteiger partial charge in [0.15, 0.2) is 0 Å². The van der Waals surface area contributed by atoms with Crippen LogP contribution in [0.25, 0.3) is 0 Å². The number of benzene rings is 1. The Kier molecular flexibility index (Phi) is 2.58. The minimum absolute atomic E-state index is 0.706. The van der Waals surface area contributed by atoms with E-state index in [0.717, 1.165) is 23.7 Å². The fraction of sp³-hybridized carbons (Fsp3) is 0.625. The van der Waals surface area contributed by atoms with E-state index in [-0.39, 0.29) is 0 Å². The van der Waals surface area contributed by atoms with Crippen molar-refractivity contribution in [1.29, 1.82) is 0 Å². The maximum Gasteiger partial charge on any atom is 0.0487 e. The van der Waals surface area contributed by atoms with Crippen molar-refractivity contribution in [3.05, 3.63) is 30.3 Å². The summed E-state index contributed by atoms with van der Waals surface area (Å²) >= 11 is 0. The number of nitrogens with one attached hydrogen (secondary N) is 2. The van der Waals surface area contributed by atoms with Crippen LogP contribution in [0.15, 0.2) is 30.3 Å². The molecule has 4 fully saturated rings. The van der Waals surface area contributed by atoms with Gasteiger partial charge in [-0.1, -0.05) is 18.2 Å². The third-order valence-electron chi connectivity index (χ3n) is 5.38. The largest absolute Gasteiger partial charge is 0.321 e. The molecule has 0 aromatic heterocycles. The van der Waals surface area contributed by atoms with Gasteiger partial charge in [0.25, 0.3) is 0 Å². The fourth-order valence-electron chi connectivity index (χ4n) is 4.85. The fourth-order valence-corrected chi connectivity index (χ4v) is 4.85. The summed E-state index contributed by atoms with van der Waals surface area (Å²) in [6.07, 6.45) is 7.43. The average molecular weight is 242 g/mol. The SMILES string of the molecule is c1ccc(NNC2C3CC4CC(C3)CC2C4)cc1. The van der Waals surface area contributed by atoms with Gasteiger partial charge in [-0.3, -0.25) is 0 Å². The summed E-state index contributed by atoms with van der Waals surface area (Å²) in [7, 11) is 0. The number of hydrazine groups is 1. The summed E-state index contributed by atoms with van der Waals surface area (Å²) in [5.41, 5.74) is 8.24. The van der Waals surface area contributed by atoms with Gasteiger partial charge >= 0.3 is 0 Å². The molecule has 0 radical (unpaired) electrons. The van der Waals surface area contributed by atoms with Gasteiger partial charge in [-0.25, -0.2) is 5.43 Å². The molecule has 0 spiro atoms. The Bertz CT molecular complexity index is 386. The summed E-state index contributed by atoms with van der Waals surface area (Å²) in [6, 6.07) is 11.2. The first-order valence-corrected chi connectivity index (χ1v) is 7.45. The number of anilines is 1. The van der Waals surface area contributed by atoms with Crippen LogP contribution in [0.4, 0.5) is 5.69 Å². The lowest BCUT2D eigenvalue weighted by Crippen LogP contribution is -2.55. The first-order chi connectivity index (χ1) is 8.88. The average Bonchev–Trinajstić information content (AvgIpc) is 2.38. The third-order valence-corrected chi connectivity index (χ3v) is 5.38. The lowest BCUT2D eigenvalue weighted by atomic mass is 9.54. The number of rotatable bonds is 3. The molecule has 4 aliphatic rings. The highest BCUT2D eigenvalue weighted by molar-refractivity contribution is 5.41. The Morgan fingerprint density at radius 3 is 2.00 bits per heavy atom. The summed E-state index contributed by atoms with van der Waals surface area (Å²) in [6.45, 7) is 0. The van der Waals surface area contributed by atoms with Crippen molar-refractivity contribution in [3.8, 4) is 0 Å². The Balaban J connectivity index is 1.43. The molecule has 2 heteroatoms. The highest BCUT2D eigenvalue weighted by atomic mass is 15.4. The second kappa shape index (κ2) is 4.27. The second-order valence-corrected chi connectivity index (χ2v) is 6.59. The van der Waals surface area contributed by atoms with Gasteiger partial charge in [0.1, 0.15) is 0 Å². The topological polar surface area (TPSA) is 24.1 Å². The monoisotopic (exact) mass is 242 g/mol. The van der Waals surface area contributed by atoms with Crippen molar-refractivity contribution in [2.24, 2.45) is 23.7 Å². The van der Waals surface area contributed by atoms with Crippen molar-refractivity contribution in [3.63, 3.8) is 0 Å². The van der Waals surface area contributed by atoms with Gasteiger partial charge < -0.3 is 5.43 Å². The molecule has 5 rings (SSSR count). The van der Waals surface area contributed by atoms with E-state index in [9.17, 15) is 0 Å². The molecule has 4 aliphatic carbocycles. The first kappa shape index (κ1) is 10.9. The van der Waals surface area contributed by atoms with Crippen LogP contribution in [0.3, 0.4) is 0 Å². The smallest absolute Gasteiger partial charge is 0.0487 e. The highest BCUT2D eigenvalue weighted by Gasteiger charge is 2.48. The van der Waals surface area contributed by atoms with E-state index < -0.39 is 0 Å². The highest BCUT2D eigenvalue weighted by Crippen LogP contribution is 2.53. The quantitative estimate of drug-likeness (QED) is 0.794. The van der Waals surface area contributed by atoms with Gasteiger partial charge in [-0.2, -0.15) is 0 Å². The number of hydrogen-bond donors (Lipinski definition) is 2. The lowest BCUT2D eigenvalue weighted by molar-refractivity contribution is -0.0110. The van der Waals surface area contributed by atoms with Crippen molar-refractivity contribution >= 4 is 5.69 Å². The molecule has 1 aromatic rings. The maximum atomic E-state index is 3.63. The molecule has 2 N–H and O–H groups in total. The summed E-state index contributed by atoms with van der Waals surface area (Å²) in [5.74, 6) is 3.97. The molecule has 2 nitrogen and oxygen atoms in total. The van der Waals surface area contributed by atoms with Gasteiger partial charge in [-0.05, 0) is 67.9 Å². The predicted octanol–water partition coefficient (Wildman–Crippen LogP) is 3.43. The van der Waals surface area contributed by atoms with Gasteiger partial charge in [0, 0.05) is 11.7 Å². The molecule has 0 saturated heterocycles. The van der Waals surface area contributed by atoms with Crippen LogP contribution in [0, 0.1) is 23.7 Å². The van der Waals surface area contributed by atoms with E-state index in [0.29, 0.717) is 6.04 Å². The van der Waals surface area contributed by atoms with Crippen molar-refractivity contribution in [2.45, 2.75) is 38.1 Å². The van der Waals surface area contributed by atoms with Gasteiger partial charge in [0.2, 0.25) is 0 Å². The summed E-state index contributed by atoms with van der Waals surface area (Å²) in [4.78, 5) is 0. The molecule has 0 atom stereocenters. The van der Waals surface area contributed by atoms with Crippen LogP contribution in [0.1, 0.15) is 32.1 Å². The molecular formula is C16H22N2. The zero-order chi connectivity index (χ0) is 11.9. The molecule has 0 amide bonds. The zero-order valence-corrected chi connectivity index (χ0v) is 10.8. The minimum atomic E-state index is 0.706. The van der Waals surface area contributed by atoms with Gasteiger partial charge in [-0.15, -0.1) is 0 Å². The Hall–Kier alpha value is -1.02. The molecule has 0 aliphatic heterocycles. The molecule has 0 heterocycles. The Morgan fingerprint density at radius 2 is 1.39 bits per heavy atom. The van der Waals surface area contributed by atoms with Crippen molar-refractivity contribution < 1.29 is 0 Å². The lowest BCUT2D eigenvalue weighted by Gasteiger charge is -2.54. The Labute approximate surface area is 109 Å². The van der Waals surface area contributed by atoms with E-state index in [1.165, 1.54) is 37.8 Å². The van der Waals surface area contributed by atoms with Gasteiger partial charge in [0.05, 0.1) is 0 Å². The van der Waals surface area contributed by atoms with E-state index in [1.807, 2.05) is 0 Å². The Morgan fingerprint density at radius 1 is 0.778 bits per heavy atom. The van der Waals surface area contributed by atoms with E-state index in [4.69, 9.17) is 0 Å². The van der Waals surface area contributed by atoms with Crippen molar-refractivity contribution in [2.75, 3.05) is 5.43 Å². The van der Waals surface area contributed by atoms with Crippen LogP contribution < -0.4 is 10.9 Å². The second-order valence-electron chi connectivity index (χ2n) is 6.59. The minimum Gasteiger partial charge on any atom is -0.321 e. The zero-order valence-electron chi connectivity index (χ0n) is 10.8. The van der Waals surface area contributed by atoms with Crippen LogP contribution in [-0.2, 0) is 0 Å². The molecule has 18 heavy (non-hydrogen) atoms. The van der Waals surface area contributed by atoms with Crippen LogP contribution in [0.5, 0.6) is 0 Å². The van der Waals surface area contributed by atoms with E-state index in [2.05, 4.69) is 41.2 Å². The van der Waals surface area contributed by atoms with E-state index in [1.54, 1.807) is 0 Å². The standard InChI is InChI=1S/C16H22N2/c1-2-4-15(5-3-1)17-18-16-13-7-11-6-12(9-13)10-14(16)8-11/h1-5,11-14,16-18H,6-10H2. The molecule has 4 bridgehead atoms. The summed E-state index contributed by atoms with van der Waals surface area (Å²) < 4.78 is 0. The predicted molar refractivity (Wildman–Crippen MR) is 74.0 cm³/mol. The molecule has 1 aromatic carbocycles. The maximum absolute atomic E-state index is 3.63. The molecule has 4 saturated carbocycles. The van der Waals surface area contributed by atoms with Crippen LogP contribution >= 0.6 is 0 Å². The van der Waals surface area contributed by atoms with Crippen molar-refractivity contribution in [1.82, 2.24) is 5.43 Å².